The lowest BCUT2D eigenvalue weighted by molar-refractivity contribution is -0.128. The maximum absolute atomic E-state index is 12.9. The van der Waals surface area contributed by atoms with Crippen LogP contribution in [0.1, 0.15) is 20.8 Å². The number of amides is 1. The second-order valence-corrected chi connectivity index (χ2v) is 7.32. The zero-order valence-electron chi connectivity index (χ0n) is 12.4. The first-order chi connectivity index (χ1) is 10.4. The molecule has 0 radical (unpaired) electrons. The number of thioether (sulfide) groups is 1. The highest BCUT2D eigenvalue weighted by Gasteiger charge is 2.31. The van der Waals surface area contributed by atoms with Crippen molar-refractivity contribution in [1.29, 1.82) is 0 Å². The van der Waals surface area contributed by atoms with E-state index in [1.807, 2.05) is 6.92 Å². The van der Waals surface area contributed by atoms with E-state index in [0.717, 1.165) is 10.1 Å². The van der Waals surface area contributed by atoms with Crippen LogP contribution in [0.15, 0.2) is 28.6 Å². The van der Waals surface area contributed by atoms with Gasteiger partial charge < -0.3 is 4.74 Å². The molecule has 0 aliphatic heterocycles. The highest BCUT2D eigenvalue weighted by Crippen LogP contribution is 2.26. The Balaban J connectivity index is 2.01. The highest BCUT2D eigenvalue weighted by atomic mass is 32.2. The molecule has 0 fully saturated rings. The Hall–Kier alpha value is -1.67. The number of nitrogens with zero attached hydrogens (tertiary/aromatic N) is 2. The van der Waals surface area contributed by atoms with Crippen LogP contribution in [0.5, 0.6) is 5.75 Å². The lowest BCUT2D eigenvalue weighted by Crippen LogP contribution is -2.42. The van der Waals surface area contributed by atoms with Crippen molar-refractivity contribution in [3.05, 3.63) is 30.1 Å². The van der Waals surface area contributed by atoms with Crippen LogP contribution >= 0.6 is 23.1 Å². The van der Waals surface area contributed by atoms with Crippen LogP contribution in [0.25, 0.3) is 0 Å². The quantitative estimate of drug-likeness (QED) is 0.642. The maximum Gasteiger partial charge on any atom is 0.269 e. The van der Waals surface area contributed by atoms with Crippen LogP contribution in [0.3, 0.4) is 0 Å². The van der Waals surface area contributed by atoms with Gasteiger partial charge in [-0.2, -0.15) is 0 Å². The summed E-state index contributed by atoms with van der Waals surface area (Å²) in [5.41, 5.74) is -1.12. The molecule has 0 aliphatic rings. The van der Waals surface area contributed by atoms with E-state index in [2.05, 4.69) is 15.5 Å². The highest BCUT2D eigenvalue weighted by molar-refractivity contribution is 8.01. The number of hydrogen-bond acceptors (Lipinski definition) is 6. The molecule has 5 nitrogen and oxygen atoms in total. The Bertz CT molecular complexity index is 644. The van der Waals surface area contributed by atoms with Gasteiger partial charge in [-0.25, -0.2) is 4.39 Å². The molecule has 1 aromatic carbocycles. The summed E-state index contributed by atoms with van der Waals surface area (Å²) in [5, 5.41) is 11.0. The molecule has 2 aromatic rings. The van der Waals surface area contributed by atoms with E-state index in [1.165, 1.54) is 35.6 Å². The summed E-state index contributed by atoms with van der Waals surface area (Å²) in [6.07, 6.45) is 0. The number of rotatable bonds is 6. The Morgan fingerprint density at radius 1 is 1.36 bits per heavy atom. The summed E-state index contributed by atoms with van der Waals surface area (Å²) in [4.78, 5) is 12.3. The third-order valence-electron chi connectivity index (χ3n) is 2.63. The minimum atomic E-state index is -1.12. The lowest BCUT2D eigenvalue weighted by atomic mass is 10.1. The summed E-state index contributed by atoms with van der Waals surface area (Å²) in [6, 6.07) is 5.52. The van der Waals surface area contributed by atoms with Crippen molar-refractivity contribution in [2.24, 2.45) is 0 Å². The van der Waals surface area contributed by atoms with Gasteiger partial charge in [-0.15, -0.1) is 10.2 Å². The molecule has 0 saturated heterocycles. The molecule has 2 rings (SSSR count). The van der Waals surface area contributed by atoms with Gasteiger partial charge in [0.15, 0.2) is 9.94 Å². The molecule has 0 spiro atoms. The number of halogens is 1. The van der Waals surface area contributed by atoms with Crippen molar-refractivity contribution >= 4 is 34.1 Å². The van der Waals surface area contributed by atoms with Crippen LogP contribution in [-0.2, 0) is 4.79 Å². The summed E-state index contributed by atoms with van der Waals surface area (Å²) in [5.74, 6) is 0.605. The summed E-state index contributed by atoms with van der Waals surface area (Å²) < 4.78 is 19.3. The largest absolute Gasteiger partial charge is 0.478 e. The maximum atomic E-state index is 12.9. The van der Waals surface area contributed by atoms with Crippen molar-refractivity contribution in [2.75, 3.05) is 11.1 Å². The number of aromatic nitrogens is 2. The number of anilines is 1. The molecule has 0 saturated carbocycles. The van der Waals surface area contributed by atoms with Gasteiger partial charge in [0.25, 0.3) is 5.91 Å². The van der Waals surface area contributed by atoms with E-state index in [4.69, 9.17) is 4.74 Å². The Kier molecular flexibility index (Phi) is 5.36. The summed E-state index contributed by atoms with van der Waals surface area (Å²) in [6.45, 7) is 5.28. The van der Waals surface area contributed by atoms with Crippen molar-refractivity contribution < 1.29 is 13.9 Å². The molecule has 8 heteroatoms. The van der Waals surface area contributed by atoms with E-state index in [9.17, 15) is 9.18 Å². The van der Waals surface area contributed by atoms with Crippen LogP contribution in [-0.4, -0.2) is 27.5 Å². The van der Waals surface area contributed by atoms with Crippen LogP contribution < -0.4 is 10.1 Å². The smallest absolute Gasteiger partial charge is 0.269 e. The Morgan fingerprint density at radius 3 is 2.68 bits per heavy atom. The number of carbonyl (C=O) groups excluding carboxylic acids is 1. The number of benzene rings is 1. The van der Waals surface area contributed by atoms with Gasteiger partial charge >= 0.3 is 0 Å². The minimum Gasteiger partial charge on any atom is -0.478 e. The predicted octanol–water partition coefficient (Wildman–Crippen LogP) is 3.59. The molecule has 0 bridgehead atoms. The molecule has 0 atom stereocenters. The fourth-order valence-electron chi connectivity index (χ4n) is 1.53. The standard InChI is InChI=1S/C14H16FN3O2S2/c1-4-21-13-18-17-12(22-13)16-11(19)14(2,3)20-10-7-5-9(15)6-8-10/h5-8H,4H2,1-3H3,(H,16,17,19). The number of ether oxygens (including phenoxy) is 1. The molecular formula is C14H16FN3O2S2. The molecular weight excluding hydrogens is 325 g/mol. The minimum absolute atomic E-state index is 0.346. The van der Waals surface area contributed by atoms with Crippen molar-refractivity contribution in [3.63, 3.8) is 0 Å². The number of hydrogen-bond donors (Lipinski definition) is 1. The third kappa shape index (κ3) is 4.41. The van der Waals surface area contributed by atoms with Crippen LogP contribution in [0.2, 0.25) is 0 Å². The molecule has 1 N–H and O–H groups in total. The monoisotopic (exact) mass is 341 g/mol. The van der Waals surface area contributed by atoms with Crippen molar-refractivity contribution in [2.45, 2.75) is 30.7 Å². The molecule has 1 aromatic heterocycles. The summed E-state index contributed by atoms with van der Waals surface area (Å²) >= 11 is 2.88. The van der Waals surface area contributed by atoms with Gasteiger partial charge in [-0.3, -0.25) is 10.1 Å². The second kappa shape index (κ2) is 7.06. The van der Waals surface area contributed by atoms with E-state index in [-0.39, 0.29) is 11.7 Å². The number of nitrogens with one attached hydrogen (secondary N) is 1. The second-order valence-electron chi connectivity index (χ2n) is 4.83. The molecule has 22 heavy (non-hydrogen) atoms. The zero-order chi connectivity index (χ0) is 16.2. The van der Waals surface area contributed by atoms with E-state index < -0.39 is 5.60 Å². The first-order valence-corrected chi connectivity index (χ1v) is 8.43. The van der Waals surface area contributed by atoms with Crippen LogP contribution in [0.4, 0.5) is 9.52 Å². The normalized spacial score (nSPS) is 11.3. The Labute approximate surface area is 136 Å². The van der Waals surface area contributed by atoms with E-state index in [0.29, 0.717) is 10.9 Å². The van der Waals surface area contributed by atoms with Crippen molar-refractivity contribution in [1.82, 2.24) is 10.2 Å². The van der Waals surface area contributed by atoms with E-state index >= 15 is 0 Å². The molecule has 0 aliphatic carbocycles. The molecule has 0 unspecified atom stereocenters. The van der Waals surface area contributed by atoms with Gasteiger partial charge in [0.2, 0.25) is 5.13 Å². The topological polar surface area (TPSA) is 64.1 Å². The van der Waals surface area contributed by atoms with Gasteiger partial charge in [0.05, 0.1) is 0 Å². The first-order valence-electron chi connectivity index (χ1n) is 6.63. The predicted molar refractivity (Wildman–Crippen MR) is 86.0 cm³/mol. The fourth-order valence-corrected chi connectivity index (χ4v) is 3.18. The SMILES string of the molecule is CCSc1nnc(NC(=O)C(C)(C)Oc2ccc(F)cc2)s1. The van der Waals surface area contributed by atoms with Crippen molar-refractivity contribution in [3.8, 4) is 5.75 Å². The number of carbonyl (C=O) groups is 1. The van der Waals surface area contributed by atoms with Gasteiger partial charge in [-0.05, 0) is 43.9 Å². The van der Waals surface area contributed by atoms with E-state index in [1.54, 1.807) is 25.6 Å². The summed E-state index contributed by atoms with van der Waals surface area (Å²) in [7, 11) is 0. The molecule has 1 heterocycles. The van der Waals surface area contributed by atoms with Gasteiger partial charge in [0, 0.05) is 0 Å². The molecule has 1 amide bonds. The fraction of sp³-hybridized carbons (Fsp3) is 0.357. The lowest BCUT2D eigenvalue weighted by Gasteiger charge is -2.24. The first kappa shape index (κ1) is 16.7. The molecule has 118 valence electrons. The third-order valence-corrected chi connectivity index (χ3v) is 4.48. The van der Waals surface area contributed by atoms with Gasteiger partial charge in [-0.1, -0.05) is 30.0 Å². The van der Waals surface area contributed by atoms with Crippen LogP contribution in [0, 0.1) is 5.82 Å². The van der Waals surface area contributed by atoms with Gasteiger partial charge in [0.1, 0.15) is 11.6 Å². The Morgan fingerprint density at radius 2 is 2.05 bits per heavy atom. The average molecular weight is 341 g/mol. The average Bonchev–Trinajstić information content (AvgIpc) is 2.89. The zero-order valence-corrected chi connectivity index (χ0v) is 14.1.